The lowest BCUT2D eigenvalue weighted by Gasteiger charge is -2.00. The van der Waals surface area contributed by atoms with E-state index in [1.165, 1.54) is 18.3 Å². The third kappa shape index (κ3) is 2.12. The molecule has 1 aromatic heterocycles. The van der Waals surface area contributed by atoms with Crippen LogP contribution in [0, 0.1) is 14.8 Å². The van der Waals surface area contributed by atoms with Crippen molar-refractivity contribution in [1.29, 1.82) is 0 Å². The minimum atomic E-state index is -0.436. The van der Waals surface area contributed by atoms with Crippen molar-refractivity contribution >= 4 is 17.9 Å². The van der Waals surface area contributed by atoms with Gasteiger partial charge in [-0.05, 0) is 0 Å². The molecule has 6 heteroatoms. The maximum absolute atomic E-state index is 10.6. The van der Waals surface area contributed by atoms with Crippen molar-refractivity contribution in [3.05, 3.63) is 51.4 Å². The molecule has 0 unspecified atom stereocenters. The summed E-state index contributed by atoms with van der Waals surface area (Å²) >= 11 is 4.93. The highest BCUT2D eigenvalue weighted by Gasteiger charge is 2.07. The van der Waals surface area contributed by atoms with Gasteiger partial charge in [-0.1, -0.05) is 24.4 Å². The van der Waals surface area contributed by atoms with Crippen LogP contribution in [0.2, 0.25) is 0 Å². The standard InChI is InChI=1S/C10H7N3O2S/c14-13(15)8-3-1-2-7(4-8)9-5-11-6-10(16)12-9/h1-6H,(H,12,16). The molecular formula is C10H7N3O2S. The van der Waals surface area contributed by atoms with Crippen LogP contribution in [0.15, 0.2) is 36.7 Å². The molecule has 0 spiro atoms. The predicted molar refractivity (Wildman–Crippen MR) is 61.5 cm³/mol. The van der Waals surface area contributed by atoms with Gasteiger partial charge in [0.05, 0.1) is 23.0 Å². The van der Waals surface area contributed by atoms with Crippen LogP contribution in [0.4, 0.5) is 5.69 Å². The number of non-ortho nitro benzene ring substituents is 1. The molecule has 0 saturated carbocycles. The second kappa shape index (κ2) is 4.19. The van der Waals surface area contributed by atoms with E-state index < -0.39 is 4.92 Å². The molecule has 0 radical (unpaired) electrons. The van der Waals surface area contributed by atoms with Crippen LogP contribution < -0.4 is 0 Å². The van der Waals surface area contributed by atoms with Crippen LogP contribution in [0.3, 0.4) is 0 Å². The fourth-order valence-electron chi connectivity index (χ4n) is 1.31. The normalized spacial score (nSPS) is 10.0. The monoisotopic (exact) mass is 233 g/mol. The average Bonchev–Trinajstić information content (AvgIpc) is 2.29. The second-order valence-corrected chi connectivity index (χ2v) is 3.56. The number of aromatic nitrogens is 2. The van der Waals surface area contributed by atoms with Gasteiger partial charge in [-0.3, -0.25) is 15.1 Å². The highest BCUT2D eigenvalue weighted by molar-refractivity contribution is 7.71. The minimum absolute atomic E-state index is 0.0423. The molecule has 80 valence electrons. The average molecular weight is 233 g/mol. The van der Waals surface area contributed by atoms with Gasteiger partial charge in [0.2, 0.25) is 0 Å². The fourth-order valence-corrected chi connectivity index (χ4v) is 1.48. The molecule has 0 saturated heterocycles. The topological polar surface area (TPSA) is 71.8 Å². The molecule has 16 heavy (non-hydrogen) atoms. The summed E-state index contributed by atoms with van der Waals surface area (Å²) in [5.74, 6) is 0. The first-order valence-corrected chi connectivity index (χ1v) is 4.87. The van der Waals surface area contributed by atoms with Gasteiger partial charge in [-0.15, -0.1) is 0 Å². The number of benzene rings is 1. The Morgan fingerprint density at radius 3 is 2.88 bits per heavy atom. The molecule has 2 aromatic rings. The maximum Gasteiger partial charge on any atom is 0.270 e. The molecule has 1 N–H and O–H groups in total. The zero-order valence-electron chi connectivity index (χ0n) is 8.08. The van der Waals surface area contributed by atoms with E-state index in [9.17, 15) is 10.1 Å². The number of aromatic amines is 1. The van der Waals surface area contributed by atoms with Crippen LogP contribution >= 0.6 is 12.2 Å². The first-order valence-electron chi connectivity index (χ1n) is 4.46. The van der Waals surface area contributed by atoms with Gasteiger partial charge in [-0.25, -0.2) is 0 Å². The zero-order chi connectivity index (χ0) is 11.5. The molecule has 0 fully saturated rings. The van der Waals surface area contributed by atoms with Crippen molar-refractivity contribution in [2.24, 2.45) is 0 Å². The smallest absolute Gasteiger partial charge is 0.270 e. The minimum Gasteiger partial charge on any atom is -0.344 e. The summed E-state index contributed by atoms with van der Waals surface area (Å²) < 4.78 is 0.490. The molecule has 1 aromatic carbocycles. The van der Waals surface area contributed by atoms with E-state index in [2.05, 4.69) is 9.97 Å². The number of nitro benzene ring substituents is 1. The van der Waals surface area contributed by atoms with E-state index in [-0.39, 0.29) is 5.69 Å². The predicted octanol–water partition coefficient (Wildman–Crippen LogP) is 2.71. The Balaban J connectivity index is 2.52. The van der Waals surface area contributed by atoms with Gasteiger partial charge in [0, 0.05) is 17.7 Å². The summed E-state index contributed by atoms with van der Waals surface area (Å²) in [7, 11) is 0. The van der Waals surface area contributed by atoms with Crippen LogP contribution in [-0.2, 0) is 0 Å². The maximum atomic E-state index is 10.6. The number of nitro groups is 1. The van der Waals surface area contributed by atoms with Crippen molar-refractivity contribution in [3.63, 3.8) is 0 Å². The van der Waals surface area contributed by atoms with Crippen LogP contribution in [-0.4, -0.2) is 14.9 Å². The summed E-state index contributed by atoms with van der Waals surface area (Å²) in [5, 5.41) is 10.6. The zero-order valence-corrected chi connectivity index (χ0v) is 8.90. The number of hydrogen-bond acceptors (Lipinski definition) is 4. The van der Waals surface area contributed by atoms with E-state index in [1.54, 1.807) is 18.3 Å². The second-order valence-electron chi connectivity index (χ2n) is 3.12. The molecule has 0 aliphatic rings. The highest BCUT2D eigenvalue weighted by atomic mass is 32.1. The molecule has 0 atom stereocenters. The van der Waals surface area contributed by atoms with Gasteiger partial charge < -0.3 is 4.98 Å². The van der Waals surface area contributed by atoms with Crippen LogP contribution in [0.1, 0.15) is 0 Å². The summed E-state index contributed by atoms with van der Waals surface area (Å²) in [6, 6.07) is 6.30. The third-order valence-corrected chi connectivity index (χ3v) is 2.23. The first-order chi connectivity index (χ1) is 7.66. The van der Waals surface area contributed by atoms with Crippen molar-refractivity contribution in [1.82, 2.24) is 9.97 Å². The summed E-state index contributed by atoms with van der Waals surface area (Å²) in [6.45, 7) is 0. The van der Waals surface area contributed by atoms with Crippen molar-refractivity contribution in [3.8, 4) is 11.3 Å². The molecule has 5 nitrogen and oxygen atoms in total. The van der Waals surface area contributed by atoms with E-state index in [4.69, 9.17) is 12.2 Å². The number of H-pyrrole nitrogens is 1. The number of rotatable bonds is 2. The molecule has 0 aliphatic heterocycles. The quantitative estimate of drug-likeness (QED) is 0.491. The molecular weight excluding hydrogens is 226 g/mol. The van der Waals surface area contributed by atoms with Gasteiger partial charge in [0.15, 0.2) is 0 Å². The Kier molecular flexibility index (Phi) is 2.74. The van der Waals surface area contributed by atoms with E-state index in [0.717, 1.165) is 0 Å². The summed E-state index contributed by atoms with van der Waals surface area (Å²) in [6.07, 6.45) is 3.09. The van der Waals surface area contributed by atoms with Crippen LogP contribution in [0.25, 0.3) is 11.3 Å². The lowest BCUT2D eigenvalue weighted by Crippen LogP contribution is -1.90. The van der Waals surface area contributed by atoms with Crippen molar-refractivity contribution < 1.29 is 4.92 Å². The number of nitrogens with zero attached hydrogens (tertiary/aromatic N) is 2. The number of hydrogen-bond donors (Lipinski definition) is 1. The first kappa shape index (κ1) is 10.4. The summed E-state index contributed by atoms with van der Waals surface area (Å²) in [5.41, 5.74) is 1.39. The van der Waals surface area contributed by atoms with E-state index in [0.29, 0.717) is 15.9 Å². The van der Waals surface area contributed by atoms with Gasteiger partial charge in [-0.2, -0.15) is 0 Å². The summed E-state index contributed by atoms with van der Waals surface area (Å²) in [4.78, 5) is 17.0. The molecule has 1 heterocycles. The Labute approximate surface area is 95.9 Å². The Morgan fingerprint density at radius 1 is 1.38 bits per heavy atom. The van der Waals surface area contributed by atoms with Gasteiger partial charge in [0.1, 0.15) is 4.64 Å². The van der Waals surface area contributed by atoms with E-state index in [1.807, 2.05) is 0 Å². The van der Waals surface area contributed by atoms with Gasteiger partial charge >= 0.3 is 0 Å². The SMILES string of the molecule is O=[N+]([O-])c1cccc(-c2cncc(=S)[nH]2)c1. The molecule has 2 rings (SSSR count). The molecule has 0 amide bonds. The van der Waals surface area contributed by atoms with Crippen LogP contribution in [0.5, 0.6) is 0 Å². The lowest BCUT2D eigenvalue weighted by molar-refractivity contribution is -0.384. The number of nitrogens with one attached hydrogen (secondary N) is 1. The Hall–Kier alpha value is -2.08. The van der Waals surface area contributed by atoms with E-state index >= 15 is 0 Å². The molecule has 0 aliphatic carbocycles. The lowest BCUT2D eigenvalue weighted by atomic mass is 10.1. The van der Waals surface area contributed by atoms with Crippen molar-refractivity contribution in [2.75, 3.05) is 0 Å². The largest absolute Gasteiger partial charge is 0.344 e. The fraction of sp³-hybridized carbons (Fsp3) is 0. The van der Waals surface area contributed by atoms with Gasteiger partial charge in [0.25, 0.3) is 5.69 Å². The highest BCUT2D eigenvalue weighted by Crippen LogP contribution is 2.21. The third-order valence-electron chi connectivity index (χ3n) is 2.02. The Morgan fingerprint density at radius 2 is 2.19 bits per heavy atom. The molecule has 0 bridgehead atoms. The van der Waals surface area contributed by atoms with Crippen molar-refractivity contribution in [2.45, 2.75) is 0 Å². The Bertz CT molecular complexity index is 594.